The Morgan fingerprint density at radius 2 is 1.89 bits per heavy atom. The summed E-state index contributed by atoms with van der Waals surface area (Å²) < 4.78 is 5.29. The molecule has 98 valence electrons. The van der Waals surface area contributed by atoms with Gasteiger partial charge in [0.25, 0.3) is 0 Å². The third kappa shape index (κ3) is 4.00. The van der Waals surface area contributed by atoms with Crippen LogP contribution in [0.3, 0.4) is 0 Å². The lowest BCUT2D eigenvalue weighted by atomic mass is 10.1. The lowest BCUT2D eigenvalue weighted by Gasteiger charge is -2.14. The molecule has 0 aliphatic carbocycles. The summed E-state index contributed by atoms with van der Waals surface area (Å²) in [6.45, 7) is 1.83. The maximum absolute atomic E-state index is 11.7. The van der Waals surface area contributed by atoms with Crippen molar-refractivity contribution < 1.29 is 9.53 Å². The van der Waals surface area contributed by atoms with E-state index in [1.807, 2.05) is 37.3 Å². The summed E-state index contributed by atoms with van der Waals surface area (Å²) in [6, 6.07) is 16.5. The smallest absolute Gasteiger partial charge is 0.412 e. The molecule has 1 atom stereocenters. The molecule has 0 heterocycles. The minimum atomic E-state index is -0.501. The highest BCUT2D eigenvalue weighted by Crippen LogP contribution is 2.18. The van der Waals surface area contributed by atoms with Crippen LogP contribution in [0.2, 0.25) is 5.02 Å². The molecule has 3 nitrogen and oxygen atoms in total. The third-order valence-electron chi connectivity index (χ3n) is 2.62. The quantitative estimate of drug-likeness (QED) is 0.885. The summed E-state index contributed by atoms with van der Waals surface area (Å²) >= 11 is 5.84. The van der Waals surface area contributed by atoms with E-state index >= 15 is 0 Å². The van der Waals surface area contributed by atoms with Crippen LogP contribution >= 0.6 is 11.6 Å². The number of amides is 1. The van der Waals surface area contributed by atoms with Gasteiger partial charge in [-0.1, -0.05) is 48.0 Å². The van der Waals surface area contributed by atoms with Crippen molar-refractivity contribution in [1.29, 1.82) is 0 Å². The Kier molecular flexibility index (Phi) is 4.42. The molecule has 0 spiro atoms. The number of ether oxygens (including phenoxy) is 1. The van der Waals surface area contributed by atoms with Gasteiger partial charge in [0.1, 0.15) is 6.10 Å². The summed E-state index contributed by atoms with van der Waals surface area (Å²) in [7, 11) is 0. The van der Waals surface area contributed by atoms with E-state index in [1.54, 1.807) is 24.3 Å². The minimum absolute atomic E-state index is 0.305. The van der Waals surface area contributed by atoms with Crippen LogP contribution in [0.1, 0.15) is 18.6 Å². The number of hydrogen-bond donors (Lipinski definition) is 1. The molecule has 19 heavy (non-hydrogen) atoms. The molecule has 2 aromatic carbocycles. The van der Waals surface area contributed by atoms with Gasteiger partial charge in [-0.25, -0.2) is 4.79 Å². The van der Waals surface area contributed by atoms with Gasteiger partial charge in [-0.3, -0.25) is 5.32 Å². The van der Waals surface area contributed by atoms with E-state index in [-0.39, 0.29) is 6.10 Å². The molecular weight excluding hydrogens is 262 g/mol. The molecule has 0 aliphatic rings. The van der Waals surface area contributed by atoms with E-state index in [4.69, 9.17) is 16.3 Å². The number of hydrogen-bond acceptors (Lipinski definition) is 2. The zero-order valence-corrected chi connectivity index (χ0v) is 11.2. The molecule has 1 N–H and O–H groups in total. The average molecular weight is 276 g/mol. The summed E-state index contributed by atoms with van der Waals surface area (Å²) in [5.74, 6) is 0. The molecule has 1 unspecified atom stereocenters. The van der Waals surface area contributed by atoms with Gasteiger partial charge in [0, 0.05) is 10.7 Å². The fourth-order valence-corrected chi connectivity index (χ4v) is 1.86. The van der Waals surface area contributed by atoms with Crippen molar-refractivity contribution in [3.63, 3.8) is 0 Å². The molecule has 2 aromatic rings. The second kappa shape index (κ2) is 6.25. The number of carbonyl (C=O) groups excluding carboxylic acids is 1. The normalized spacial score (nSPS) is 11.7. The van der Waals surface area contributed by atoms with Crippen LogP contribution in [0.25, 0.3) is 0 Å². The molecular formula is C15H14ClNO2. The van der Waals surface area contributed by atoms with Crippen LogP contribution in [0.15, 0.2) is 54.6 Å². The van der Waals surface area contributed by atoms with Gasteiger partial charge in [-0.05, 0) is 30.7 Å². The largest absolute Gasteiger partial charge is 0.441 e. The van der Waals surface area contributed by atoms with Crippen LogP contribution in [0.5, 0.6) is 0 Å². The molecule has 1 amide bonds. The molecule has 2 rings (SSSR count). The number of benzene rings is 2. The zero-order valence-electron chi connectivity index (χ0n) is 10.5. The number of anilines is 1. The average Bonchev–Trinajstić information content (AvgIpc) is 2.39. The second-order valence-electron chi connectivity index (χ2n) is 4.09. The molecule has 0 radical (unpaired) electrons. The highest BCUT2D eigenvalue weighted by Gasteiger charge is 2.11. The van der Waals surface area contributed by atoms with E-state index in [1.165, 1.54) is 0 Å². The first kappa shape index (κ1) is 13.4. The summed E-state index contributed by atoms with van der Waals surface area (Å²) in [5.41, 5.74) is 1.56. The van der Waals surface area contributed by atoms with Crippen LogP contribution < -0.4 is 5.32 Å². The van der Waals surface area contributed by atoms with Crippen LogP contribution in [0, 0.1) is 0 Å². The molecule has 0 aliphatic heterocycles. The van der Waals surface area contributed by atoms with Crippen molar-refractivity contribution in [2.75, 3.05) is 5.32 Å². The standard InChI is InChI=1S/C15H14ClNO2/c1-11(12-6-3-2-4-7-12)19-15(18)17-14-9-5-8-13(16)10-14/h2-11H,1H3,(H,17,18). The fourth-order valence-electron chi connectivity index (χ4n) is 1.67. The van der Waals surface area contributed by atoms with Gasteiger partial charge in [0.05, 0.1) is 0 Å². The molecule has 0 saturated carbocycles. The first-order chi connectivity index (χ1) is 9.15. The Morgan fingerprint density at radius 3 is 2.58 bits per heavy atom. The summed E-state index contributed by atoms with van der Waals surface area (Å²) in [6.07, 6.45) is -0.806. The van der Waals surface area contributed by atoms with Gasteiger partial charge >= 0.3 is 6.09 Å². The highest BCUT2D eigenvalue weighted by molar-refractivity contribution is 6.30. The van der Waals surface area contributed by atoms with Crippen molar-refractivity contribution in [3.8, 4) is 0 Å². The topological polar surface area (TPSA) is 38.3 Å². The third-order valence-corrected chi connectivity index (χ3v) is 2.86. The molecule has 0 bridgehead atoms. The van der Waals surface area contributed by atoms with Crippen LogP contribution in [-0.2, 0) is 4.74 Å². The van der Waals surface area contributed by atoms with Gasteiger partial charge in [-0.15, -0.1) is 0 Å². The van der Waals surface area contributed by atoms with Gasteiger partial charge in [-0.2, -0.15) is 0 Å². The Balaban J connectivity index is 1.95. The van der Waals surface area contributed by atoms with Crippen molar-refractivity contribution in [1.82, 2.24) is 0 Å². The van der Waals surface area contributed by atoms with Crippen molar-refractivity contribution in [2.24, 2.45) is 0 Å². The lowest BCUT2D eigenvalue weighted by Crippen LogP contribution is -2.15. The molecule has 0 fully saturated rings. The zero-order chi connectivity index (χ0) is 13.7. The highest BCUT2D eigenvalue weighted by atomic mass is 35.5. The first-order valence-electron chi connectivity index (χ1n) is 5.93. The Hall–Kier alpha value is -2.00. The van der Waals surface area contributed by atoms with Crippen molar-refractivity contribution in [2.45, 2.75) is 13.0 Å². The van der Waals surface area contributed by atoms with E-state index in [9.17, 15) is 4.79 Å². The van der Waals surface area contributed by atoms with E-state index < -0.39 is 6.09 Å². The predicted molar refractivity (Wildman–Crippen MR) is 76.4 cm³/mol. The minimum Gasteiger partial charge on any atom is -0.441 e. The monoisotopic (exact) mass is 275 g/mol. The SMILES string of the molecule is CC(OC(=O)Nc1cccc(Cl)c1)c1ccccc1. The van der Waals surface area contributed by atoms with E-state index in [0.717, 1.165) is 5.56 Å². The van der Waals surface area contributed by atoms with Gasteiger partial charge < -0.3 is 4.74 Å². The predicted octanol–water partition coefficient (Wildman–Crippen LogP) is 4.65. The van der Waals surface area contributed by atoms with Crippen molar-refractivity contribution in [3.05, 3.63) is 65.2 Å². The number of nitrogens with one attached hydrogen (secondary N) is 1. The second-order valence-corrected chi connectivity index (χ2v) is 4.53. The molecule has 0 saturated heterocycles. The van der Waals surface area contributed by atoms with E-state index in [0.29, 0.717) is 10.7 Å². The summed E-state index contributed by atoms with van der Waals surface area (Å²) in [4.78, 5) is 11.7. The van der Waals surface area contributed by atoms with Gasteiger partial charge in [0.2, 0.25) is 0 Å². The number of halogens is 1. The number of rotatable bonds is 3. The van der Waals surface area contributed by atoms with Crippen molar-refractivity contribution >= 4 is 23.4 Å². The van der Waals surface area contributed by atoms with E-state index in [2.05, 4.69) is 5.32 Å². The van der Waals surface area contributed by atoms with Gasteiger partial charge in [0.15, 0.2) is 0 Å². The molecule has 0 aromatic heterocycles. The first-order valence-corrected chi connectivity index (χ1v) is 6.31. The Bertz CT molecular complexity index is 557. The van der Waals surface area contributed by atoms with Crippen LogP contribution in [-0.4, -0.2) is 6.09 Å². The van der Waals surface area contributed by atoms with Crippen LogP contribution in [0.4, 0.5) is 10.5 Å². The maximum atomic E-state index is 11.7. The Morgan fingerprint density at radius 1 is 1.16 bits per heavy atom. The molecule has 4 heteroatoms. The number of carbonyl (C=O) groups is 1. The maximum Gasteiger partial charge on any atom is 0.412 e. The summed E-state index contributed by atoms with van der Waals surface area (Å²) in [5, 5.41) is 3.20. The fraction of sp³-hybridized carbons (Fsp3) is 0.133. The Labute approximate surface area is 117 Å². The lowest BCUT2D eigenvalue weighted by molar-refractivity contribution is 0.121.